The highest BCUT2D eigenvalue weighted by Crippen LogP contribution is 2.33. The second-order valence-electron chi connectivity index (χ2n) is 6.91. The second-order valence-corrected chi connectivity index (χ2v) is 10.2. The number of anilines is 1. The molecular weight excluding hydrogens is 448 g/mol. The number of thioether (sulfide) groups is 1. The van der Waals surface area contributed by atoms with Crippen molar-refractivity contribution in [1.29, 1.82) is 5.26 Å². The van der Waals surface area contributed by atoms with Gasteiger partial charge in [-0.05, 0) is 54.8 Å². The van der Waals surface area contributed by atoms with E-state index in [1.54, 1.807) is 24.3 Å². The summed E-state index contributed by atoms with van der Waals surface area (Å²) in [7, 11) is -4.01. The van der Waals surface area contributed by atoms with Crippen molar-refractivity contribution >= 4 is 38.9 Å². The van der Waals surface area contributed by atoms with E-state index >= 15 is 0 Å². The molecule has 0 saturated carbocycles. The van der Waals surface area contributed by atoms with E-state index in [4.69, 9.17) is 11.6 Å². The molecule has 0 aliphatic heterocycles. The lowest BCUT2D eigenvalue weighted by Crippen LogP contribution is -2.11. The number of aryl methyl sites for hydroxylation is 2. The number of nitrogens with zero attached hydrogens (tertiary/aromatic N) is 1. The van der Waals surface area contributed by atoms with Crippen LogP contribution in [0.15, 0.2) is 87.6 Å². The summed E-state index contributed by atoms with van der Waals surface area (Å²) in [5, 5.41) is 13.9. The summed E-state index contributed by atoms with van der Waals surface area (Å²) in [6.45, 7) is 3.88. The Kier molecular flexibility index (Phi) is 7.45. The first kappa shape index (κ1) is 23.0. The van der Waals surface area contributed by atoms with Crippen LogP contribution in [0, 0.1) is 25.2 Å². The number of hydrogen-bond donors (Lipinski definition) is 1. The zero-order valence-electron chi connectivity index (χ0n) is 17.1. The summed E-state index contributed by atoms with van der Waals surface area (Å²) >= 11 is 7.51. The number of sulfone groups is 1. The molecule has 31 heavy (non-hydrogen) atoms. The van der Waals surface area contributed by atoms with E-state index in [0.29, 0.717) is 10.8 Å². The van der Waals surface area contributed by atoms with Crippen LogP contribution in [0.4, 0.5) is 5.69 Å². The van der Waals surface area contributed by atoms with Gasteiger partial charge in [0.05, 0.1) is 4.90 Å². The Morgan fingerprint density at radius 1 is 1.03 bits per heavy atom. The molecule has 0 amide bonds. The van der Waals surface area contributed by atoms with Crippen LogP contribution >= 0.6 is 23.4 Å². The molecular formula is C24H21ClN2O2S2. The van der Waals surface area contributed by atoms with Gasteiger partial charge in [-0.25, -0.2) is 8.42 Å². The van der Waals surface area contributed by atoms with Gasteiger partial charge >= 0.3 is 0 Å². The Hall–Kier alpha value is -2.72. The molecule has 0 aromatic heterocycles. The molecule has 3 aromatic carbocycles. The minimum absolute atomic E-state index is 0.0742. The van der Waals surface area contributed by atoms with Crippen molar-refractivity contribution in [3.8, 4) is 6.07 Å². The Labute approximate surface area is 192 Å². The molecule has 0 atom stereocenters. The molecule has 1 N–H and O–H groups in total. The Morgan fingerprint density at radius 2 is 1.71 bits per heavy atom. The molecule has 0 radical (unpaired) electrons. The third-order valence-electron chi connectivity index (χ3n) is 4.60. The summed E-state index contributed by atoms with van der Waals surface area (Å²) in [5.41, 5.74) is 3.56. The third-order valence-corrected chi connectivity index (χ3v) is 7.87. The molecule has 0 heterocycles. The second kappa shape index (κ2) is 10.1. The predicted octanol–water partition coefficient (Wildman–Crippen LogP) is 6.47. The minimum atomic E-state index is -4.01. The van der Waals surface area contributed by atoms with Crippen LogP contribution in [-0.2, 0) is 15.6 Å². The number of halogens is 1. The monoisotopic (exact) mass is 468 g/mol. The fourth-order valence-electron chi connectivity index (χ4n) is 2.87. The van der Waals surface area contributed by atoms with E-state index in [0.717, 1.165) is 22.4 Å². The highest BCUT2D eigenvalue weighted by atomic mass is 35.5. The molecule has 3 rings (SSSR count). The van der Waals surface area contributed by atoms with Gasteiger partial charge in [0.15, 0.2) is 4.91 Å². The SMILES string of the molecule is Cc1ccc(C)c(N/C(SCc2ccccc2Cl)=C(/C#N)S(=O)(=O)c2ccccc2)c1. The number of rotatable bonds is 7. The van der Waals surface area contributed by atoms with Crippen molar-refractivity contribution in [3.63, 3.8) is 0 Å². The molecule has 0 aliphatic carbocycles. The first-order valence-corrected chi connectivity index (χ1v) is 12.3. The van der Waals surface area contributed by atoms with Gasteiger partial charge in [-0.15, -0.1) is 11.8 Å². The third kappa shape index (κ3) is 5.50. The average molecular weight is 469 g/mol. The fraction of sp³-hybridized carbons (Fsp3) is 0.125. The van der Waals surface area contributed by atoms with E-state index in [1.165, 1.54) is 23.9 Å². The van der Waals surface area contributed by atoms with Crippen molar-refractivity contribution in [2.45, 2.75) is 24.5 Å². The molecule has 0 fully saturated rings. The van der Waals surface area contributed by atoms with Crippen molar-refractivity contribution < 1.29 is 8.42 Å². The lowest BCUT2D eigenvalue weighted by atomic mass is 10.1. The molecule has 0 aliphatic rings. The predicted molar refractivity (Wildman–Crippen MR) is 129 cm³/mol. The van der Waals surface area contributed by atoms with Gasteiger partial charge in [0.1, 0.15) is 11.1 Å². The van der Waals surface area contributed by atoms with Crippen LogP contribution < -0.4 is 5.32 Å². The average Bonchev–Trinajstić information content (AvgIpc) is 2.76. The van der Waals surface area contributed by atoms with E-state index in [2.05, 4.69) is 5.32 Å². The van der Waals surface area contributed by atoms with Gasteiger partial charge in [-0.2, -0.15) is 5.26 Å². The smallest absolute Gasteiger partial charge is 0.219 e. The van der Waals surface area contributed by atoms with E-state index in [1.807, 2.05) is 56.3 Å². The van der Waals surface area contributed by atoms with Gasteiger partial charge < -0.3 is 5.32 Å². The van der Waals surface area contributed by atoms with Crippen LogP contribution in [0.1, 0.15) is 16.7 Å². The maximum absolute atomic E-state index is 13.3. The van der Waals surface area contributed by atoms with Gasteiger partial charge in [0, 0.05) is 16.5 Å². The summed E-state index contributed by atoms with van der Waals surface area (Å²) < 4.78 is 26.5. The van der Waals surface area contributed by atoms with Crippen LogP contribution in [0.3, 0.4) is 0 Å². The van der Waals surface area contributed by atoms with E-state index < -0.39 is 9.84 Å². The normalized spacial score (nSPS) is 12.1. The Balaban J connectivity index is 2.09. The van der Waals surface area contributed by atoms with E-state index in [-0.39, 0.29) is 14.8 Å². The molecule has 0 bridgehead atoms. The number of nitrogens with one attached hydrogen (secondary N) is 1. The molecule has 0 spiro atoms. The molecule has 3 aromatic rings. The molecule has 7 heteroatoms. The zero-order valence-corrected chi connectivity index (χ0v) is 19.5. The summed E-state index contributed by atoms with van der Waals surface area (Å²) in [6.07, 6.45) is 0. The zero-order chi connectivity index (χ0) is 22.4. The first-order chi connectivity index (χ1) is 14.8. The van der Waals surface area contributed by atoms with Crippen LogP contribution in [0.2, 0.25) is 5.02 Å². The quantitative estimate of drug-likeness (QED) is 0.402. The first-order valence-electron chi connectivity index (χ1n) is 9.48. The topological polar surface area (TPSA) is 70.0 Å². The van der Waals surface area contributed by atoms with Gasteiger partial charge in [-0.1, -0.05) is 60.1 Å². The highest BCUT2D eigenvalue weighted by Gasteiger charge is 2.26. The number of allylic oxidation sites excluding steroid dienone is 1. The van der Waals surface area contributed by atoms with Crippen molar-refractivity contribution in [1.82, 2.24) is 0 Å². The lowest BCUT2D eigenvalue weighted by Gasteiger charge is -2.16. The van der Waals surface area contributed by atoms with Gasteiger partial charge in [-0.3, -0.25) is 0 Å². The summed E-state index contributed by atoms with van der Waals surface area (Å²) in [6, 6.07) is 23.1. The largest absolute Gasteiger partial charge is 0.348 e. The molecule has 4 nitrogen and oxygen atoms in total. The van der Waals surface area contributed by atoms with Crippen molar-refractivity contribution in [3.05, 3.63) is 104 Å². The van der Waals surface area contributed by atoms with Crippen molar-refractivity contribution in [2.75, 3.05) is 5.32 Å². The van der Waals surface area contributed by atoms with Gasteiger partial charge in [0.25, 0.3) is 0 Å². The molecule has 0 saturated heterocycles. The molecule has 0 unspecified atom stereocenters. The number of hydrogen-bond acceptors (Lipinski definition) is 5. The van der Waals surface area contributed by atoms with E-state index in [9.17, 15) is 13.7 Å². The Bertz CT molecular complexity index is 1260. The number of nitriles is 1. The van der Waals surface area contributed by atoms with Gasteiger partial charge in [0.2, 0.25) is 9.84 Å². The minimum Gasteiger partial charge on any atom is -0.348 e. The number of benzene rings is 3. The maximum atomic E-state index is 13.3. The van der Waals surface area contributed by atoms with Crippen molar-refractivity contribution in [2.24, 2.45) is 0 Å². The van der Waals surface area contributed by atoms with Crippen LogP contribution in [-0.4, -0.2) is 8.42 Å². The standard InChI is InChI=1S/C24H21ClN2O2S2/c1-17-12-13-18(2)22(14-17)27-24(30-16-19-8-6-7-11-21(19)25)23(15-26)31(28,29)20-9-4-3-5-10-20/h3-14,27H,16H2,1-2H3/b24-23+. The summed E-state index contributed by atoms with van der Waals surface area (Å²) in [5.74, 6) is 0.405. The summed E-state index contributed by atoms with van der Waals surface area (Å²) in [4.78, 5) is -0.248. The van der Waals surface area contributed by atoms with Crippen LogP contribution in [0.5, 0.6) is 0 Å². The maximum Gasteiger partial charge on any atom is 0.219 e. The highest BCUT2D eigenvalue weighted by molar-refractivity contribution is 8.04. The van der Waals surface area contributed by atoms with Crippen LogP contribution in [0.25, 0.3) is 0 Å². The molecule has 158 valence electrons. The lowest BCUT2D eigenvalue weighted by molar-refractivity contribution is 0.603. The fourth-order valence-corrected chi connectivity index (χ4v) is 5.73. The Morgan fingerprint density at radius 3 is 2.39 bits per heavy atom.